The number of methoxy groups -OCH3 is 1. The molecule has 0 fully saturated rings. The molecule has 25 heavy (non-hydrogen) atoms. The average molecular weight is 351 g/mol. The predicted molar refractivity (Wildman–Crippen MR) is 98.8 cm³/mol. The molecule has 4 aromatic rings. The van der Waals surface area contributed by atoms with Crippen LogP contribution in [0, 0.1) is 0 Å². The molecule has 6 heteroatoms. The summed E-state index contributed by atoms with van der Waals surface area (Å²) in [7, 11) is 1.52. The number of nitrogens with one attached hydrogen (secondary N) is 1. The molecule has 0 atom stereocenters. The highest BCUT2D eigenvalue weighted by molar-refractivity contribution is 7.12. The van der Waals surface area contributed by atoms with E-state index < -0.39 is 0 Å². The zero-order valence-electron chi connectivity index (χ0n) is 13.2. The molecule has 0 spiro atoms. The first-order valence-corrected chi connectivity index (χ1v) is 8.44. The quantitative estimate of drug-likeness (QED) is 0.560. The zero-order valence-corrected chi connectivity index (χ0v) is 14.1. The van der Waals surface area contributed by atoms with Crippen LogP contribution in [0.2, 0.25) is 0 Å². The van der Waals surface area contributed by atoms with E-state index in [0.717, 1.165) is 0 Å². The third-order valence-electron chi connectivity index (χ3n) is 3.88. The Morgan fingerprint density at radius 2 is 2.00 bits per heavy atom. The molecule has 0 radical (unpaired) electrons. The Morgan fingerprint density at radius 1 is 1.12 bits per heavy atom. The van der Waals surface area contributed by atoms with Gasteiger partial charge in [-0.1, -0.05) is 12.1 Å². The number of rotatable bonds is 3. The number of anilines is 1. The first-order valence-electron chi connectivity index (χ1n) is 7.56. The van der Waals surface area contributed by atoms with E-state index in [0.29, 0.717) is 38.3 Å². The van der Waals surface area contributed by atoms with Crippen molar-refractivity contribution < 1.29 is 13.9 Å². The standard InChI is InChI=1S/C19H13NO4S/c1-23-14-5-2-4-13-17(21)12-8-7-11(10-15(12)24-18(13)14)20-19(22)16-6-3-9-25-16/h2-10H,1H3,(H,20,22). The third-order valence-corrected chi connectivity index (χ3v) is 4.75. The number of hydrogen-bond donors (Lipinski definition) is 1. The molecule has 0 unspecified atom stereocenters. The fourth-order valence-corrected chi connectivity index (χ4v) is 3.31. The minimum atomic E-state index is -0.199. The van der Waals surface area contributed by atoms with Gasteiger partial charge in [-0.25, -0.2) is 0 Å². The number of ether oxygens (including phenoxy) is 1. The molecular weight excluding hydrogens is 338 g/mol. The second kappa shape index (κ2) is 6.07. The maximum absolute atomic E-state index is 12.7. The lowest BCUT2D eigenvalue weighted by atomic mass is 10.1. The molecule has 5 nitrogen and oxygen atoms in total. The number of amides is 1. The predicted octanol–water partition coefficient (Wildman–Crippen LogP) is 4.27. The zero-order chi connectivity index (χ0) is 17.4. The van der Waals surface area contributed by atoms with Gasteiger partial charge in [0.1, 0.15) is 5.58 Å². The van der Waals surface area contributed by atoms with E-state index in [2.05, 4.69) is 5.32 Å². The van der Waals surface area contributed by atoms with E-state index in [1.165, 1.54) is 18.4 Å². The highest BCUT2D eigenvalue weighted by atomic mass is 32.1. The largest absolute Gasteiger partial charge is 0.493 e. The van der Waals surface area contributed by atoms with Gasteiger partial charge in [-0.2, -0.15) is 0 Å². The number of para-hydroxylation sites is 1. The van der Waals surface area contributed by atoms with Crippen molar-refractivity contribution in [1.82, 2.24) is 0 Å². The highest BCUT2D eigenvalue weighted by Crippen LogP contribution is 2.28. The van der Waals surface area contributed by atoms with Crippen LogP contribution in [-0.4, -0.2) is 13.0 Å². The number of carbonyl (C=O) groups is 1. The van der Waals surface area contributed by atoms with Crippen LogP contribution in [0.1, 0.15) is 9.67 Å². The van der Waals surface area contributed by atoms with Crippen molar-refractivity contribution in [2.75, 3.05) is 12.4 Å². The second-order valence-electron chi connectivity index (χ2n) is 5.41. The van der Waals surface area contributed by atoms with Gasteiger partial charge in [0.15, 0.2) is 11.3 Å². The van der Waals surface area contributed by atoms with Crippen molar-refractivity contribution in [2.45, 2.75) is 0 Å². The smallest absolute Gasteiger partial charge is 0.265 e. The lowest BCUT2D eigenvalue weighted by Crippen LogP contribution is -2.10. The SMILES string of the molecule is COc1cccc2c(=O)c3ccc(NC(=O)c4cccs4)cc3oc12. The Balaban J connectivity index is 1.83. The summed E-state index contributed by atoms with van der Waals surface area (Å²) in [5, 5.41) is 5.56. The van der Waals surface area contributed by atoms with E-state index in [4.69, 9.17) is 9.15 Å². The summed E-state index contributed by atoms with van der Waals surface area (Å²) >= 11 is 1.36. The monoisotopic (exact) mass is 351 g/mol. The van der Waals surface area contributed by atoms with Gasteiger partial charge in [-0.05, 0) is 35.7 Å². The van der Waals surface area contributed by atoms with Crippen LogP contribution in [0.25, 0.3) is 21.9 Å². The molecule has 124 valence electrons. The second-order valence-corrected chi connectivity index (χ2v) is 6.36. The van der Waals surface area contributed by atoms with E-state index in [-0.39, 0.29) is 11.3 Å². The molecule has 0 aliphatic heterocycles. The van der Waals surface area contributed by atoms with Crippen molar-refractivity contribution in [3.05, 3.63) is 69.0 Å². The van der Waals surface area contributed by atoms with Crippen LogP contribution in [0.3, 0.4) is 0 Å². The number of hydrogen-bond acceptors (Lipinski definition) is 5. The molecular formula is C19H13NO4S. The number of fused-ring (bicyclic) bond motifs is 2. The number of benzene rings is 2. The van der Waals surface area contributed by atoms with Crippen molar-refractivity contribution >= 4 is 44.9 Å². The maximum Gasteiger partial charge on any atom is 0.265 e. The molecule has 0 aliphatic rings. The fourth-order valence-electron chi connectivity index (χ4n) is 2.69. The highest BCUT2D eigenvalue weighted by Gasteiger charge is 2.13. The normalized spacial score (nSPS) is 10.9. The first-order chi connectivity index (χ1) is 12.2. The number of carbonyl (C=O) groups excluding carboxylic acids is 1. The molecule has 0 aliphatic carbocycles. The number of thiophene rings is 1. The Bertz CT molecular complexity index is 1150. The summed E-state index contributed by atoms with van der Waals surface area (Å²) < 4.78 is 11.2. The van der Waals surface area contributed by atoms with Gasteiger partial charge in [0.25, 0.3) is 5.91 Å². The Labute approximate surface area is 146 Å². The van der Waals surface area contributed by atoms with Gasteiger partial charge in [0.2, 0.25) is 5.43 Å². The van der Waals surface area contributed by atoms with Crippen LogP contribution in [0.5, 0.6) is 5.75 Å². The van der Waals surface area contributed by atoms with E-state index in [1.807, 2.05) is 11.4 Å². The molecule has 1 N–H and O–H groups in total. The summed E-state index contributed by atoms with van der Waals surface area (Å²) in [6.07, 6.45) is 0. The lowest BCUT2D eigenvalue weighted by molar-refractivity contribution is 0.103. The molecule has 0 saturated heterocycles. The van der Waals surface area contributed by atoms with E-state index >= 15 is 0 Å². The molecule has 1 amide bonds. The van der Waals surface area contributed by atoms with Crippen LogP contribution in [0.15, 0.2) is 63.1 Å². The van der Waals surface area contributed by atoms with E-state index in [1.54, 1.807) is 42.5 Å². The molecule has 0 bridgehead atoms. The van der Waals surface area contributed by atoms with Gasteiger partial charge in [0, 0.05) is 11.8 Å². The summed E-state index contributed by atoms with van der Waals surface area (Å²) in [4.78, 5) is 25.5. The third kappa shape index (κ3) is 2.66. The topological polar surface area (TPSA) is 68.5 Å². The van der Waals surface area contributed by atoms with Crippen molar-refractivity contribution in [3.8, 4) is 5.75 Å². The molecule has 2 heterocycles. The van der Waals surface area contributed by atoms with Crippen molar-refractivity contribution in [2.24, 2.45) is 0 Å². The van der Waals surface area contributed by atoms with Gasteiger partial charge < -0.3 is 14.5 Å². The van der Waals surface area contributed by atoms with Gasteiger partial charge in [0.05, 0.1) is 22.8 Å². The van der Waals surface area contributed by atoms with Crippen LogP contribution < -0.4 is 15.5 Å². The molecule has 2 aromatic heterocycles. The minimum Gasteiger partial charge on any atom is -0.493 e. The van der Waals surface area contributed by atoms with Gasteiger partial charge in [-0.3, -0.25) is 9.59 Å². The maximum atomic E-state index is 12.7. The van der Waals surface area contributed by atoms with E-state index in [9.17, 15) is 9.59 Å². The molecule has 2 aromatic carbocycles. The van der Waals surface area contributed by atoms with Crippen molar-refractivity contribution in [1.29, 1.82) is 0 Å². The summed E-state index contributed by atoms with van der Waals surface area (Å²) in [6.45, 7) is 0. The van der Waals surface area contributed by atoms with Crippen LogP contribution in [-0.2, 0) is 0 Å². The summed E-state index contributed by atoms with van der Waals surface area (Å²) in [5.41, 5.74) is 1.21. The van der Waals surface area contributed by atoms with Gasteiger partial charge in [-0.15, -0.1) is 11.3 Å². The summed E-state index contributed by atoms with van der Waals surface area (Å²) in [5.74, 6) is 0.291. The molecule has 0 saturated carbocycles. The van der Waals surface area contributed by atoms with Crippen molar-refractivity contribution in [3.63, 3.8) is 0 Å². The average Bonchev–Trinajstić information content (AvgIpc) is 3.16. The Kier molecular flexibility index (Phi) is 3.74. The van der Waals surface area contributed by atoms with Crippen LogP contribution >= 0.6 is 11.3 Å². The Hall–Kier alpha value is -3.12. The Morgan fingerprint density at radius 3 is 2.76 bits per heavy atom. The minimum absolute atomic E-state index is 0.133. The van der Waals surface area contributed by atoms with Crippen LogP contribution in [0.4, 0.5) is 5.69 Å². The van der Waals surface area contributed by atoms with Gasteiger partial charge >= 0.3 is 0 Å². The fraction of sp³-hybridized carbons (Fsp3) is 0.0526. The lowest BCUT2D eigenvalue weighted by Gasteiger charge is -2.08. The molecule has 4 rings (SSSR count). The first kappa shape index (κ1) is 15.4. The summed E-state index contributed by atoms with van der Waals surface area (Å²) in [6, 6.07) is 13.8.